The van der Waals surface area contributed by atoms with Crippen LogP contribution in [0.15, 0.2) is 91.4 Å². The van der Waals surface area contributed by atoms with Gasteiger partial charge in [-0.2, -0.15) is 5.10 Å². The van der Waals surface area contributed by atoms with Gasteiger partial charge in [0.1, 0.15) is 5.82 Å². The molecule has 3 aromatic heterocycles. The lowest BCUT2D eigenvalue weighted by Crippen LogP contribution is -2.12. The Balaban J connectivity index is 1.49. The van der Waals surface area contributed by atoms with E-state index in [0.29, 0.717) is 11.3 Å². The molecular formula is C24H16FN5O. The van der Waals surface area contributed by atoms with Crippen molar-refractivity contribution < 1.29 is 9.18 Å². The first kappa shape index (κ1) is 18.6. The number of carbonyl (C=O) groups excluding carboxylic acids is 1. The first-order valence-electron chi connectivity index (χ1n) is 9.60. The van der Waals surface area contributed by atoms with Crippen LogP contribution in [0, 0.1) is 5.82 Å². The molecule has 0 saturated carbocycles. The first-order chi connectivity index (χ1) is 15.2. The average molecular weight is 409 g/mol. The van der Waals surface area contributed by atoms with Crippen molar-refractivity contribution in [2.24, 2.45) is 0 Å². The standard InChI is InChI=1S/C24H16FN5O/c25-19-5-1-4-18(13-19)24(31)28-20-6-2-3-17(14-20)22-9-12-27-23-15-21(29-30(22)23)16-7-10-26-11-8-16/h1-15H,(H,28,31). The van der Waals surface area contributed by atoms with E-state index in [0.717, 1.165) is 22.5 Å². The minimum absolute atomic E-state index is 0.255. The number of hydrogen-bond acceptors (Lipinski definition) is 4. The summed E-state index contributed by atoms with van der Waals surface area (Å²) in [6.45, 7) is 0. The summed E-state index contributed by atoms with van der Waals surface area (Å²) in [5.41, 5.74) is 4.98. The Morgan fingerprint density at radius 3 is 2.55 bits per heavy atom. The number of carbonyl (C=O) groups is 1. The van der Waals surface area contributed by atoms with Crippen LogP contribution in [0.5, 0.6) is 0 Å². The molecule has 5 aromatic rings. The molecule has 1 N–H and O–H groups in total. The SMILES string of the molecule is O=C(Nc1cccc(-c2ccnc3cc(-c4ccncc4)nn23)c1)c1cccc(F)c1. The zero-order valence-electron chi connectivity index (χ0n) is 16.2. The second-order valence-electron chi connectivity index (χ2n) is 6.91. The maximum absolute atomic E-state index is 13.4. The van der Waals surface area contributed by atoms with E-state index >= 15 is 0 Å². The van der Waals surface area contributed by atoms with Gasteiger partial charge in [-0.25, -0.2) is 13.9 Å². The Morgan fingerprint density at radius 1 is 0.871 bits per heavy atom. The molecule has 0 fully saturated rings. The summed E-state index contributed by atoms with van der Waals surface area (Å²) in [6.07, 6.45) is 5.16. The van der Waals surface area contributed by atoms with E-state index in [1.54, 1.807) is 35.2 Å². The van der Waals surface area contributed by atoms with Gasteiger partial charge in [0.05, 0.1) is 11.4 Å². The molecule has 0 saturated heterocycles. The highest BCUT2D eigenvalue weighted by atomic mass is 19.1. The van der Waals surface area contributed by atoms with Crippen LogP contribution in [0.1, 0.15) is 10.4 Å². The number of rotatable bonds is 4. The van der Waals surface area contributed by atoms with Crippen molar-refractivity contribution in [2.75, 3.05) is 5.32 Å². The van der Waals surface area contributed by atoms with E-state index in [4.69, 9.17) is 5.10 Å². The molecule has 5 rings (SSSR count). The Bertz CT molecular complexity index is 1400. The Hall–Kier alpha value is -4.39. The van der Waals surface area contributed by atoms with Gasteiger partial charge >= 0.3 is 0 Å². The molecule has 150 valence electrons. The average Bonchev–Trinajstić information content (AvgIpc) is 3.24. The van der Waals surface area contributed by atoms with Gasteiger partial charge in [-0.1, -0.05) is 18.2 Å². The summed E-state index contributed by atoms with van der Waals surface area (Å²) in [6, 6.07) is 20.5. The normalized spacial score (nSPS) is 10.9. The van der Waals surface area contributed by atoms with Gasteiger partial charge in [0.2, 0.25) is 0 Å². The summed E-state index contributed by atoms with van der Waals surface area (Å²) in [5, 5.41) is 7.52. The molecule has 6 nitrogen and oxygen atoms in total. The molecule has 0 atom stereocenters. The number of nitrogens with one attached hydrogen (secondary N) is 1. The highest BCUT2D eigenvalue weighted by Gasteiger charge is 2.12. The lowest BCUT2D eigenvalue weighted by molar-refractivity contribution is 0.102. The summed E-state index contributed by atoms with van der Waals surface area (Å²) in [5.74, 6) is -0.833. The van der Waals surface area contributed by atoms with Crippen molar-refractivity contribution in [3.05, 3.63) is 103 Å². The van der Waals surface area contributed by atoms with E-state index in [9.17, 15) is 9.18 Å². The molecule has 0 aliphatic carbocycles. The number of nitrogens with zero attached hydrogens (tertiary/aromatic N) is 4. The van der Waals surface area contributed by atoms with Crippen molar-refractivity contribution in [2.45, 2.75) is 0 Å². The smallest absolute Gasteiger partial charge is 0.255 e. The zero-order valence-corrected chi connectivity index (χ0v) is 16.2. The summed E-state index contributed by atoms with van der Waals surface area (Å²) in [7, 11) is 0. The van der Waals surface area contributed by atoms with Gasteiger partial charge in [0.15, 0.2) is 5.65 Å². The van der Waals surface area contributed by atoms with E-state index in [2.05, 4.69) is 15.3 Å². The molecule has 2 aromatic carbocycles. The van der Waals surface area contributed by atoms with Crippen LogP contribution in [0.2, 0.25) is 0 Å². The minimum atomic E-state index is -0.454. The van der Waals surface area contributed by atoms with Crippen molar-refractivity contribution in [1.29, 1.82) is 0 Å². The molecule has 0 aliphatic heterocycles. The van der Waals surface area contributed by atoms with Crippen LogP contribution in [-0.4, -0.2) is 25.5 Å². The Labute approximate surface area is 177 Å². The summed E-state index contributed by atoms with van der Waals surface area (Å²) >= 11 is 0. The predicted octanol–water partition coefficient (Wildman–Crippen LogP) is 4.85. The van der Waals surface area contributed by atoms with Gasteiger partial charge in [-0.15, -0.1) is 0 Å². The number of amides is 1. The number of hydrogen-bond donors (Lipinski definition) is 1. The van der Waals surface area contributed by atoms with E-state index in [-0.39, 0.29) is 11.5 Å². The van der Waals surface area contributed by atoms with Gasteiger partial charge < -0.3 is 5.32 Å². The van der Waals surface area contributed by atoms with E-state index in [1.165, 1.54) is 18.2 Å². The monoisotopic (exact) mass is 409 g/mol. The summed E-state index contributed by atoms with van der Waals surface area (Å²) < 4.78 is 15.2. The van der Waals surface area contributed by atoms with E-state index < -0.39 is 5.82 Å². The number of halogens is 1. The minimum Gasteiger partial charge on any atom is -0.322 e. The second kappa shape index (κ2) is 7.79. The lowest BCUT2D eigenvalue weighted by Gasteiger charge is -2.09. The van der Waals surface area contributed by atoms with Crippen LogP contribution < -0.4 is 5.32 Å². The van der Waals surface area contributed by atoms with Gasteiger partial charge in [-0.3, -0.25) is 9.78 Å². The van der Waals surface area contributed by atoms with Gasteiger partial charge in [-0.05, 0) is 48.5 Å². The Kier molecular flexibility index (Phi) is 4.68. The number of pyridine rings is 1. The van der Waals surface area contributed by atoms with Crippen molar-refractivity contribution in [1.82, 2.24) is 19.6 Å². The highest BCUT2D eigenvalue weighted by Crippen LogP contribution is 2.26. The molecule has 3 heterocycles. The molecule has 0 aliphatic rings. The number of aromatic nitrogens is 4. The molecule has 0 radical (unpaired) electrons. The number of fused-ring (bicyclic) bond motifs is 1. The molecule has 31 heavy (non-hydrogen) atoms. The fourth-order valence-electron chi connectivity index (χ4n) is 3.37. The zero-order chi connectivity index (χ0) is 21.2. The lowest BCUT2D eigenvalue weighted by atomic mass is 10.1. The molecule has 1 amide bonds. The van der Waals surface area contributed by atoms with Crippen LogP contribution in [0.3, 0.4) is 0 Å². The molecule has 0 spiro atoms. The summed E-state index contributed by atoms with van der Waals surface area (Å²) in [4.78, 5) is 20.9. The third kappa shape index (κ3) is 3.76. The van der Waals surface area contributed by atoms with Crippen LogP contribution in [0.25, 0.3) is 28.2 Å². The fourth-order valence-corrected chi connectivity index (χ4v) is 3.37. The predicted molar refractivity (Wildman–Crippen MR) is 116 cm³/mol. The fraction of sp³-hybridized carbons (Fsp3) is 0. The maximum Gasteiger partial charge on any atom is 0.255 e. The number of anilines is 1. The van der Waals surface area contributed by atoms with Crippen LogP contribution >= 0.6 is 0 Å². The molecular weight excluding hydrogens is 393 g/mol. The quantitative estimate of drug-likeness (QED) is 0.461. The van der Waals surface area contributed by atoms with Crippen molar-refractivity contribution in [3.8, 4) is 22.5 Å². The molecule has 0 bridgehead atoms. The first-order valence-corrected chi connectivity index (χ1v) is 9.60. The maximum atomic E-state index is 13.4. The van der Waals surface area contributed by atoms with Crippen LogP contribution in [-0.2, 0) is 0 Å². The molecule has 7 heteroatoms. The third-order valence-corrected chi connectivity index (χ3v) is 4.84. The van der Waals surface area contributed by atoms with Crippen molar-refractivity contribution >= 4 is 17.2 Å². The Morgan fingerprint density at radius 2 is 1.71 bits per heavy atom. The third-order valence-electron chi connectivity index (χ3n) is 4.84. The molecule has 0 unspecified atom stereocenters. The number of benzene rings is 2. The largest absolute Gasteiger partial charge is 0.322 e. The second-order valence-corrected chi connectivity index (χ2v) is 6.91. The van der Waals surface area contributed by atoms with Gasteiger partial charge in [0.25, 0.3) is 5.91 Å². The van der Waals surface area contributed by atoms with Gasteiger partial charge in [0, 0.05) is 47.0 Å². The topological polar surface area (TPSA) is 72.2 Å². The van der Waals surface area contributed by atoms with Crippen molar-refractivity contribution in [3.63, 3.8) is 0 Å². The van der Waals surface area contributed by atoms with Crippen LogP contribution in [0.4, 0.5) is 10.1 Å². The highest BCUT2D eigenvalue weighted by molar-refractivity contribution is 6.04. The van der Waals surface area contributed by atoms with E-state index in [1.807, 2.05) is 42.5 Å².